The molecule has 0 unspecified atom stereocenters. The number of furan rings is 1. The van der Waals surface area contributed by atoms with E-state index in [-0.39, 0.29) is 28.4 Å². The summed E-state index contributed by atoms with van der Waals surface area (Å²) in [4.78, 5) is 0.118. The third kappa shape index (κ3) is 4.40. The van der Waals surface area contributed by atoms with Crippen LogP contribution >= 0.6 is 23.4 Å². The summed E-state index contributed by atoms with van der Waals surface area (Å²) in [5.41, 5.74) is -3.91. The molecular weight excluding hydrogens is 299 g/mol. The Morgan fingerprint density at radius 2 is 1.89 bits per heavy atom. The maximum Gasteiger partial charge on any atom is 0.446 e. The molecule has 102 valence electrons. The highest BCUT2D eigenvalue weighted by molar-refractivity contribution is 8.00. The second kappa shape index (κ2) is 5.79. The third-order valence-electron chi connectivity index (χ3n) is 2.19. The van der Waals surface area contributed by atoms with E-state index in [0.29, 0.717) is 11.4 Å². The molecule has 0 atom stereocenters. The van der Waals surface area contributed by atoms with Crippen LogP contribution in [-0.2, 0) is 6.54 Å². The van der Waals surface area contributed by atoms with Gasteiger partial charge in [0, 0.05) is 10.6 Å². The highest BCUT2D eigenvalue weighted by Crippen LogP contribution is 2.40. The fourth-order valence-electron chi connectivity index (χ4n) is 1.46. The van der Waals surface area contributed by atoms with Gasteiger partial charge in [-0.1, -0.05) is 12.1 Å². The molecule has 1 aromatic heterocycles. The van der Waals surface area contributed by atoms with Gasteiger partial charge in [0.15, 0.2) is 5.22 Å². The van der Waals surface area contributed by atoms with Gasteiger partial charge < -0.3 is 9.73 Å². The molecule has 1 heterocycles. The molecule has 0 amide bonds. The van der Waals surface area contributed by atoms with Crippen LogP contribution in [0.4, 0.5) is 18.9 Å². The molecule has 0 saturated carbocycles. The lowest BCUT2D eigenvalue weighted by Gasteiger charge is -2.12. The van der Waals surface area contributed by atoms with E-state index in [4.69, 9.17) is 16.0 Å². The molecule has 0 aliphatic rings. The predicted molar refractivity (Wildman–Crippen MR) is 69.4 cm³/mol. The number of rotatable bonds is 4. The molecule has 2 nitrogen and oxygen atoms in total. The van der Waals surface area contributed by atoms with Crippen molar-refractivity contribution in [2.24, 2.45) is 0 Å². The van der Waals surface area contributed by atoms with Gasteiger partial charge in [-0.05, 0) is 47.6 Å². The van der Waals surface area contributed by atoms with Crippen LogP contribution in [0.3, 0.4) is 0 Å². The Labute approximate surface area is 116 Å². The van der Waals surface area contributed by atoms with Crippen molar-refractivity contribution in [2.75, 3.05) is 5.32 Å². The quantitative estimate of drug-likeness (QED) is 0.790. The Hall–Kier alpha value is -1.27. The third-order valence-corrected chi connectivity index (χ3v) is 3.21. The fourth-order valence-corrected chi connectivity index (χ4v) is 2.26. The van der Waals surface area contributed by atoms with E-state index >= 15 is 0 Å². The summed E-state index contributed by atoms with van der Waals surface area (Å²) in [6.45, 7) is 0.266. The maximum absolute atomic E-state index is 12.4. The Morgan fingerprint density at radius 3 is 2.53 bits per heavy atom. The molecule has 7 heteroatoms. The lowest BCUT2D eigenvalue weighted by Crippen LogP contribution is -2.03. The zero-order valence-electron chi connectivity index (χ0n) is 9.50. The van der Waals surface area contributed by atoms with E-state index in [1.807, 2.05) is 0 Å². The van der Waals surface area contributed by atoms with Gasteiger partial charge in [0.25, 0.3) is 0 Å². The topological polar surface area (TPSA) is 25.2 Å². The molecule has 0 aliphatic heterocycles. The lowest BCUT2D eigenvalue weighted by atomic mass is 10.3. The van der Waals surface area contributed by atoms with Gasteiger partial charge in [0.2, 0.25) is 0 Å². The molecule has 0 spiro atoms. The summed E-state index contributed by atoms with van der Waals surface area (Å²) in [6.07, 6.45) is 0. The molecule has 1 N–H and O–H groups in total. The van der Waals surface area contributed by atoms with Gasteiger partial charge in [0.1, 0.15) is 5.76 Å². The Morgan fingerprint density at radius 1 is 1.16 bits per heavy atom. The summed E-state index contributed by atoms with van der Waals surface area (Å²) in [6, 6.07) is 9.46. The van der Waals surface area contributed by atoms with Crippen LogP contribution in [0.5, 0.6) is 0 Å². The van der Waals surface area contributed by atoms with Crippen molar-refractivity contribution < 1.29 is 17.6 Å². The van der Waals surface area contributed by atoms with Crippen LogP contribution in [0.2, 0.25) is 5.22 Å². The number of thioether (sulfide) groups is 1. The van der Waals surface area contributed by atoms with Crippen LogP contribution in [0.1, 0.15) is 5.76 Å². The lowest BCUT2D eigenvalue weighted by molar-refractivity contribution is -0.0327. The molecule has 0 aliphatic carbocycles. The maximum atomic E-state index is 12.4. The minimum absolute atomic E-state index is 0.118. The molecule has 0 fully saturated rings. The van der Waals surface area contributed by atoms with Crippen molar-refractivity contribution >= 4 is 29.1 Å². The number of benzene rings is 1. The number of halogens is 4. The summed E-state index contributed by atoms with van der Waals surface area (Å²) >= 11 is 5.46. The largest absolute Gasteiger partial charge is 0.448 e. The van der Waals surface area contributed by atoms with Crippen molar-refractivity contribution in [3.05, 3.63) is 47.4 Å². The minimum Gasteiger partial charge on any atom is -0.448 e. The minimum atomic E-state index is -4.31. The highest BCUT2D eigenvalue weighted by atomic mass is 35.5. The molecular formula is C12H9ClF3NOS. The van der Waals surface area contributed by atoms with Gasteiger partial charge in [-0.3, -0.25) is 0 Å². The number of hydrogen-bond donors (Lipinski definition) is 1. The van der Waals surface area contributed by atoms with Crippen molar-refractivity contribution in [3.63, 3.8) is 0 Å². The van der Waals surface area contributed by atoms with Crippen LogP contribution in [0.15, 0.2) is 45.7 Å². The first-order chi connectivity index (χ1) is 8.94. The van der Waals surface area contributed by atoms with E-state index in [9.17, 15) is 13.2 Å². The van der Waals surface area contributed by atoms with Crippen molar-refractivity contribution in [3.8, 4) is 0 Å². The smallest absolute Gasteiger partial charge is 0.446 e. The van der Waals surface area contributed by atoms with E-state index in [2.05, 4.69) is 5.32 Å². The number of anilines is 1. The SMILES string of the molecule is FC(F)(F)Sc1ccccc1NCc1ccc(Cl)o1. The van der Waals surface area contributed by atoms with E-state index < -0.39 is 5.51 Å². The monoisotopic (exact) mass is 307 g/mol. The molecule has 0 bridgehead atoms. The average Bonchev–Trinajstić information content (AvgIpc) is 2.72. The summed E-state index contributed by atoms with van der Waals surface area (Å²) in [5, 5.41) is 3.14. The van der Waals surface area contributed by atoms with Gasteiger partial charge >= 0.3 is 5.51 Å². The first kappa shape index (κ1) is 14.1. The van der Waals surface area contributed by atoms with Crippen LogP contribution in [-0.4, -0.2) is 5.51 Å². The summed E-state index contributed by atoms with van der Waals surface area (Å²) in [5.74, 6) is 0.553. The van der Waals surface area contributed by atoms with Gasteiger partial charge in [-0.2, -0.15) is 13.2 Å². The number of para-hydroxylation sites is 1. The second-order valence-corrected chi connectivity index (χ2v) is 5.08. The zero-order valence-corrected chi connectivity index (χ0v) is 11.1. The van der Waals surface area contributed by atoms with Gasteiger partial charge in [0.05, 0.1) is 6.54 Å². The number of nitrogens with one attached hydrogen (secondary N) is 1. The Kier molecular flexibility index (Phi) is 4.31. The van der Waals surface area contributed by atoms with Crippen LogP contribution in [0, 0.1) is 0 Å². The Bertz CT molecular complexity index is 556. The standard InChI is InChI=1S/C12H9ClF3NOS/c13-11-6-5-8(18-11)7-17-9-3-1-2-4-10(9)19-12(14,15)16/h1-6,17H,7H2. The number of alkyl halides is 3. The van der Waals surface area contributed by atoms with Crippen molar-refractivity contribution in [1.29, 1.82) is 0 Å². The predicted octanol–water partition coefficient (Wildman–Crippen LogP) is 5.16. The van der Waals surface area contributed by atoms with Gasteiger partial charge in [-0.25, -0.2) is 0 Å². The van der Waals surface area contributed by atoms with Crippen molar-refractivity contribution in [2.45, 2.75) is 16.9 Å². The Balaban J connectivity index is 2.07. The first-order valence-corrected chi connectivity index (χ1v) is 6.46. The normalized spacial score (nSPS) is 11.6. The van der Waals surface area contributed by atoms with E-state index in [1.165, 1.54) is 6.07 Å². The summed E-state index contributed by atoms with van der Waals surface area (Å²) < 4.78 is 42.3. The molecule has 2 rings (SSSR count). The molecule has 2 aromatic rings. The highest BCUT2D eigenvalue weighted by Gasteiger charge is 2.30. The van der Waals surface area contributed by atoms with Gasteiger partial charge in [-0.15, -0.1) is 0 Å². The molecule has 0 radical (unpaired) electrons. The first-order valence-electron chi connectivity index (χ1n) is 5.27. The zero-order chi connectivity index (χ0) is 13.9. The molecule has 1 aromatic carbocycles. The van der Waals surface area contributed by atoms with E-state index in [0.717, 1.165) is 0 Å². The number of hydrogen-bond acceptors (Lipinski definition) is 3. The molecule has 19 heavy (non-hydrogen) atoms. The summed E-state index contributed by atoms with van der Waals surface area (Å²) in [7, 11) is 0. The fraction of sp³-hybridized carbons (Fsp3) is 0.167. The second-order valence-electron chi connectivity index (χ2n) is 3.60. The van der Waals surface area contributed by atoms with Crippen LogP contribution < -0.4 is 5.32 Å². The van der Waals surface area contributed by atoms with Crippen molar-refractivity contribution in [1.82, 2.24) is 0 Å². The van der Waals surface area contributed by atoms with E-state index in [1.54, 1.807) is 30.3 Å². The average molecular weight is 308 g/mol. The van der Waals surface area contributed by atoms with Crippen LogP contribution in [0.25, 0.3) is 0 Å². The molecule has 0 saturated heterocycles.